The summed E-state index contributed by atoms with van der Waals surface area (Å²) in [6, 6.07) is 10.3. The lowest BCUT2D eigenvalue weighted by molar-refractivity contribution is 0.0343. The molecule has 24 heavy (non-hydrogen) atoms. The molecule has 4 nitrogen and oxygen atoms in total. The molecule has 4 unspecified atom stereocenters. The van der Waals surface area contributed by atoms with E-state index in [0.717, 1.165) is 36.2 Å². The van der Waals surface area contributed by atoms with Crippen LogP contribution >= 0.6 is 0 Å². The Bertz CT molecular complexity index is 732. The highest BCUT2D eigenvalue weighted by Crippen LogP contribution is 2.40. The van der Waals surface area contributed by atoms with E-state index in [1.165, 1.54) is 12.1 Å². The zero-order valence-electron chi connectivity index (χ0n) is 13.3. The molecule has 1 saturated carbocycles. The summed E-state index contributed by atoms with van der Waals surface area (Å²) in [6.45, 7) is 0. The summed E-state index contributed by atoms with van der Waals surface area (Å²) < 4.78 is 13.3. The first-order chi connectivity index (χ1) is 11.7. The summed E-state index contributed by atoms with van der Waals surface area (Å²) in [6.07, 6.45) is 5.90. The van der Waals surface area contributed by atoms with Crippen molar-refractivity contribution in [2.75, 3.05) is 0 Å². The highest BCUT2D eigenvalue weighted by molar-refractivity contribution is 5.99. The largest absolute Gasteiger partial charge is 0.393 e. The van der Waals surface area contributed by atoms with Gasteiger partial charge in [-0.1, -0.05) is 12.1 Å². The number of nitrogens with one attached hydrogen (secondary N) is 1. The van der Waals surface area contributed by atoms with Crippen molar-refractivity contribution in [2.45, 2.75) is 37.5 Å². The molecular formula is C19H20FN3O. The fourth-order valence-corrected chi connectivity index (χ4v) is 3.85. The van der Waals surface area contributed by atoms with Gasteiger partial charge in [0, 0.05) is 29.9 Å². The number of benzene rings is 1. The zero-order valence-corrected chi connectivity index (χ0v) is 13.3. The first-order valence-corrected chi connectivity index (χ1v) is 8.40. The number of aromatic nitrogens is 1. The van der Waals surface area contributed by atoms with Gasteiger partial charge in [0.05, 0.1) is 12.1 Å². The summed E-state index contributed by atoms with van der Waals surface area (Å²) in [5, 5.41) is 14.0. The van der Waals surface area contributed by atoms with E-state index >= 15 is 0 Å². The average molecular weight is 325 g/mol. The van der Waals surface area contributed by atoms with E-state index in [0.29, 0.717) is 0 Å². The Morgan fingerprint density at radius 2 is 1.96 bits per heavy atom. The molecule has 1 aromatic heterocycles. The first kappa shape index (κ1) is 15.3. The van der Waals surface area contributed by atoms with Gasteiger partial charge >= 0.3 is 0 Å². The number of aliphatic hydroxyl groups excluding tert-OH is 1. The predicted molar refractivity (Wildman–Crippen MR) is 90.2 cm³/mol. The van der Waals surface area contributed by atoms with Crippen LogP contribution in [0.3, 0.4) is 0 Å². The molecule has 1 aliphatic heterocycles. The highest BCUT2D eigenvalue weighted by atomic mass is 19.1. The molecule has 2 N–H and O–H groups in total. The molecule has 2 aromatic rings. The van der Waals surface area contributed by atoms with Crippen LogP contribution < -0.4 is 5.32 Å². The van der Waals surface area contributed by atoms with Crippen molar-refractivity contribution in [3.05, 3.63) is 65.7 Å². The Balaban J connectivity index is 1.77. The third-order valence-electron chi connectivity index (χ3n) is 5.03. The monoisotopic (exact) mass is 325 g/mol. The second-order valence-electron chi connectivity index (χ2n) is 6.54. The zero-order chi connectivity index (χ0) is 16.5. The lowest BCUT2D eigenvalue weighted by atomic mass is 9.74. The molecule has 0 amide bonds. The molecule has 4 rings (SSSR count). The smallest absolute Gasteiger partial charge is 0.130 e. The second-order valence-corrected chi connectivity index (χ2v) is 6.54. The molecule has 1 aromatic carbocycles. The molecule has 0 radical (unpaired) electrons. The van der Waals surface area contributed by atoms with Crippen molar-refractivity contribution < 1.29 is 9.50 Å². The second kappa shape index (κ2) is 6.32. The van der Waals surface area contributed by atoms with E-state index in [2.05, 4.69) is 10.3 Å². The summed E-state index contributed by atoms with van der Waals surface area (Å²) in [7, 11) is 0. The van der Waals surface area contributed by atoms with E-state index in [1.54, 1.807) is 24.5 Å². The van der Waals surface area contributed by atoms with Crippen molar-refractivity contribution in [1.82, 2.24) is 10.3 Å². The topological polar surface area (TPSA) is 57.5 Å². The fourth-order valence-electron chi connectivity index (χ4n) is 3.85. The van der Waals surface area contributed by atoms with Crippen LogP contribution in [0.15, 0.2) is 53.8 Å². The van der Waals surface area contributed by atoms with Gasteiger partial charge < -0.3 is 10.4 Å². The molecular weight excluding hydrogens is 305 g/mol. The van der Waals surface area contributed by atoms with Crippen LogP contribution in [0.1, 0.15) is 36.4 Å². The standard InChI is InChI=1S/C19H20FN3O/c20-14-8-6-12(7-9-14)18-17-15(4-1-5-16(17)24)22-19(23-18)13-3-2-10-21-11-13/h2-3,6-11,15-18,24H,1,4-5H2,(H,22,23). The van der Waals surface area contributed by atoms with Crippen LogP contribution in [0.25, 0.3) is 0 Å². The number of amidine groups is 1. The van der Waals surface area contributed by atoms with E-state index in [-0.39, 0.29) is 23.8 Å². The molecule has 124 valence electrons. The van der Waals surface area contributed by atoms with Crippen molar-refractivity contribution >= 4 is 5.84 Å². The third kappa shape index (κ3) is 2.80. The molecule has 2 heterocycles. The lowest BCUT2D eigenvalue weighted by Gasteiger charge is -2.43. The van der Waals surface area contributed by atoms with Gasteiger partial charge in [0.1, 0.15) is 11.7 Å². The van der Waals surface area contributed by atoms with Crippen molar-refractivity contribution in [2.24, 2.45) is 10.9 Å². The minimum Gasteiger partial charge on any atom is -0.393 e. The van der Waals surface area contributed by atoms with Crippen molar-refractivity contribution in [3.8, 4) is 0 Å². The normalized spacial score (nSPS) is 29.3. The summed E-state index contributed by atoms with van der Waals surface area (Å²) in [5.41, 5.74) is 1.87. The molecule has 1 aliphatic carbocycles. The van der Waals surface area contributed by atoms with Crippen LogP contribution in [-0.4, -0.2) is 28.1 Å². The quantitative estimate of drug-likeness (QED) is 0.893. The Morgan fingerprint density at radius 1 is 1.12 bits per heavy atom. The van der Waals surface area contributed by atoms with Gasteiger partial charge in [-0.25, -0.2) is 4.39 Å². The molecule has 1 fully saturated rings. The number of nitrogens with zero attached hydrogens (tertiary/aromatic N) is 2. The number of hydrogen-bond donors (Lipinski definition) is 2. The number of fused-ring (bicyclic) bond motifs is 1. The van der Waals surface area contributed by atoms with E-state index in [9.17, 15) is 9.50 Å². The van der Waals surface area contributed by atoms with E-state index < -0.39 is 6.10 Å². The third-order valence-corrected chi connectivity index (χ3v) is 5.03. The van der Waals surface area contributed by atoms with Gasteiger partial charge in [-0.05, 0) is 49.1 Å². The van der Waals surface area contributed by atoms with Gasteiger partial charge in [-0.15, -0.1) is 0 Å². The van der Waals surface area contributed by atoms with Crippen LogP contribution in [0, 0.1) is 11.7 Å². The maximum Gasteiger partial charge on any atom is 0.130 e. The van der Waals surface area contributed by atoms with Crippen molar-refractivity contribution in [1.29, 1.82) is 0 Å². The summed E-state index contributed by atoms with van der Waals surface area (Å²) in [5.74, 6) is 0.544. The van der Waals surface area contributed by atoms with E-state index in [4.69, 9.17) is 4.99 Å². The number of aliphatic imine (C=N–C) groups is 1. The molecule has 5 heteroatoms. The fraction of sp³-hybridized carbons (Fsp3) is 0.368. The van der Waals surface area contributed by atoms with E-state index in [1.807, 2.05) is 12.1 Å². The number of hydrogen-bond acceptors (Lipinski definition) is 4. The molecule has 0 spiro atoms. The van der Waals surface area contributed by atoms with Crippen LogP contribution in [0.4, 0.5) is 4.39 Å². The van der Waals surface area contributed by atoms with Crippen LogP contribution in [-0.2, 0) is 0 Å². The van der Waals surface area contributed by atoms with Gasteiger partial charge in [-0.3, -0.25) is 9.98 Å². The molecule has 0 saturated heterocycles. The number of halogens is 1. The van der Waals surface area contributed by atoms with Gasteiger partial charge in [0.2, 0.25) is 0 Å². The maximum atomic E-state index is 13.3. The van der Waals surface area contributed by atoms with Crippen molar-refractivity contribution in [3.63, 3.8) is 0 Å². The molecule has 4 atom stereocenters. The number of rotatable bonds is 2. The Hall–Kier alpha value is -2.27. The molecule has 0 bridgehead atoms. The predicted octanol–water partition coefficient (Wildman–Crippen LogP) is 2.84. The Kier molecular flexibility index (Phi) is 4.02. The number of aliphatic hydroxyl groups is 1. The van der Waals surface area contributed by atoms with Gasteiger partial charge in [-0.2, -0.15) is 0 Å². The minimum absolute atomic E-state index is 0.00429. The lowest BCUT2D eigenvalue weighted by Crippen LogP contribution is -2.53. The SMILES string of the molecule is OC1CCCC2NC(c3cccnc3)=NC(c3ccc(F)cc3)C12. The summed E-state index contributed by atoms with van der Waals surface area (Å²) >= 11 is 0. The minimum atomic E-state index is -0.398. The highest BCUT2D eigenvalue weighted by Gasteiger charge is 2.42. The Morgan fingerprint density at radius 3 is 2.71 bits per heavy atom. The Labute approximate surface area is 140 Å². The molecule has 2 aliphatic rings. The van der Waals surface area contributed by atoms with Crippen LogP contribution in [0.2, 0.25) is 0 Å². The number of pyridine rings is 1. The average Bonchev–Trinajstić information content (AvgIpc) is 2.62. The van der Waals surface area contributed by atoms with Gasteiger partial charge in [0.15, 0.2) is 0 Å². The van der Waals surface area contributed by atoms with Crippen LogP contribution in [0.5, 0.6) is 0 Å². The summed E-state index contributed by atoms with van der Waals surface area (Å²) in [4.78, 5) is 9.04. The van der Waals surface area contributed by atoms with Gasteiger partial charge in [0.25, 0.3) is 0 Å². The first-order valence-electron chi connectivity index (χ1n) is 8.40. The maximum absolute atomic E-state index is 13.3.